The number of nitrogens with one attached hydrogen (secondary N) is 4. The first-order chi connectivity index (χ1) is 33.8. The maximum Gasteiger partial charge on any atom is 0.251 e. The van der Waals surface area contributed by atoms with Gasteiger partial charge in [0.2, 0.25) is 11.9 Å². The molecule has 2 saturated heterocycles. The average Bonchev–Trinajstić information content (AvgIpc) is 4.02. The van der Waals surface area contributed by atoms with Gasteiger partial charge in [-0.15, -0.1) is 10.2 Å². The Morgan fingerprint density at radius 1 is 0.623 bits per heavy atom. The van der Waals surface area contributed by atoms with E-state index in [1.54, 1.807) is 30.9 Å². The summed E-state index contributed by atoms with van der Waals surface area (Å²) in [5, 5.41) is 22.3. The second-order valence-corrected chi connectivity index (χ2v) is 17.1. The molecule has 0 bridgehead atoms. The Morgan fingerprint density at radius 3 is 1.80 bits per heavy atom. The first-order valence-electron chi connectivity index (χ1n) is 23.3. The largest absolute Gasteiger partial charge is 0.497 e. The van der Waals surface area contributed by atoms with Gasteiger partial charge in [-0.2, -0.15) is 9.97 Å². The Kier molecular flexibility index (Phi) is 13.3. The van der Waals surface area contributed by atoms with Crippen LogP contribution in [0.25, 0.3) is 33.8 Å². The van der Waals surface area contributed by atoms with Crippen molar-refractivity contribution in [2.45, 2.75) is 12.8 Å². The molecule has 0 saturated carbocycles. The van der Waals surface area contributed by atoms with Crippen LogP contribution in [0.4, 0.5) is 29.0 Å². The molecule has 2 amide bonds. The Bertz CT molecular complexity index is 3070. The number of piperidine rings is 1. The Balaban J connectivity index is 0.725. The Morgan fingerprint density at radius 2 is 1.19 bits per heavy atom. The number of fused-ring (bicyclic) bond motifs is 2. The topological polar surface area (TPSA) is 177 Å². The number of nitrogens with zero attached hydrogens (tertiary/aromatic N) is 8. The zero-order chi connectivity index (χ0) is 47.1. The van der Waals surface area contributed by atoms with Gasteiger partial charge in [0, 0.05) is 91.2 Å². The number of hydrogen-bond acceptors (Lipinski definition) is 13. The summed E-state index contributed by atoms with van der Waals surface area (Å²) in [5.41, 5.74) is 8.82. The maximum atomic E-state index is 13.3. The lowest BCUT2D eigenvalue weighted by Gasteiger charge is -2.34. The number of morpholine rings is 1. The molecular weight excluding hydrogens is 873 g/mol. The Hall–Kier alpha value is -8.02. The van der Waals surface area contributed by atoms with Crippen molar-refractivity contribution in [2.24, 2.45) is 5.92 Å². The third-order valence-corrected chi connectivity index (χ3v) is 12.7. The number of pyridine rings is 2. The lowest BCUT2D eigenvalue weighted by Crippen LogP contribution is -2.41. The van der Waals surface area contributed by atoms with Crippen LogP contribution in [-0.4, -0.2) is 119 Å². The summed E-state index contributed by atoms with van der Waals surface area (Å²) in [7, 11) is 3.33. The van der Waals surface area contributed by atoms with E-state index in [1.165, 1.54) is 0 Å². The summed E-state index contributed by atoms with van der Waals surface area (Å²) in [4.78, 5) is 40.2. The summed E-state index contributed by atoms with van der Waals surface area (Å²) in [6.45, 7) is 6.89. The molecule has 10 rings (SSSR count). The predicted molar refractivity (Wildman–Crippen MR) is 266 cm³/mol. The van der Waals surface area contributed by atoms with Crippen LogP contribution in [0.15, 0.2) is 127 Å². The molecule has 0 atom stereocenters. The fraction of sp³-hybridized carbons (Fsp3) is 0.269. The normalized spacial score (nSPS) is 14.4. The van der Waals surface area contributed by atoms with Crippen molar-refractivity contribution in [3.05, 3.63) is 139 Å². The molecule has 352 valence electrons. The summed E-state index contributed by atoms with van der Waals surface area (Å²) >= 11 is 0. The number of carbonyl (C=O) groups is 2. The van der Waals surface area contributed by atoms with Crippen LogP contribution in [0, 0.1) is 5.92 Å². The van der Waals surface area contributed by atoms with Gasteiger partial charge in [-0.3, -0.25) is 14.5 Å². The number of rotatable bonds is 16. The minimum atomic E-state index is -0.107. The molecule has 4 N–H and O–H groups in total. The molecule has 8 aromatic rings. The van der Waals surface area contributed by atoms with Gasteiger partial charge in [-0.1, -0.05) is 24.3 Å². The average molecular weight is 927 g/mol. The molecule has 4 aromatic heterocycles. The van der Waals surface area contributed by atoms with Gasteiger partial charge in [0.15, 0.2) is 11.3 Å². The second kappa shape index (κ2) is 20.5. The lowest BCUT2D eigenvalue weighted by molar-refractivity contribution is 0.0383. The van der Waals surface area contributed by atoms with Gasteiger partial charge < -0.3 is 40.4 Å². The molecule has 4 aromatic carbocycles. The monoisotopic (exact) mass is 926 g/mol. The fourth-order valence-corrected chi connectivity index (χ4v) is 8.82. The highest BCUT2D eigenvalue weighted by molar-refractivity contribution is 5.95. The molecule has 0 aliphatic carbocycles. The van der Waals surface area contributed by atoms with Crippen LogP contribution in [0.1, 0.15) is 33.6 Å². The van der Waals surface area contributed by atoms with Gasteiger partial charge in [-0.25, -0.2) is 9.03 Å². The Labute approximate surface area is 399 Å². The molecular formula is C52H54N12O5. The van der Waals surface area contributed by atoms with Gasteiger partial charge >= 0.3 is 0 Å². The van der Waals surface area contributed by atoms with Crippen molar-refractivity contribution in [3.63, 3.8) is 0 Å². The molecule has 0 unspecified atom stereocenters. The van der Waals surface area contributed by atoms with E-state index < -0.39 is 0 Å². The zero-order valence-electron chi connectivity index (χ0n) is 38.6. The molecule has 0 radical (unpaired) electrons. The van der Waals surface area contributed by atoms with Crippen LogP contribution in [0.3, 0.4) is 0 Å². The summed E-state index contributed by atoms with van der Waals surface area (Å²) in [6, 6.07) is 40.5. The van der Waals surface area contributed by atoms with E-state index in [-0.39, 0.29) is 11.8 Å². The highest BCUT2D eigenvalue weighted by atomic mass is 16.5. The smallest absolute Gasteiger partial charge is 0.251 e. The van der Waals surface area contributed by atoms with Crippen molar-refractivity contribution in [1.82, 2.24) is 44.7 Å². The van der Waals surface area contributed by atoms with Crippen LogP contribution < -0.4 is 35.6 Å². The quantitative estimate of drug-likeness (QED) is 0.0759. The summed E-state index contributed by atoms with van der Waals surface area (Å²) in [5.74, 6) is 2.52. The van der Waals surface area contributed by atoms with E-state index >= 15 is 0 Å². The number of anilines is 5. The van der Waals surface area contributed by atoms with Crippen molar-refractivity contribution < 1.29 is 23.8 Å². The van der Waals surface area contributed by atoms with E-state index in [9.17, 15) is 9.59 Å². The van der Waals surface area contributed by atoms with Crippen molar-refractivity contribution in [3.8, 4) is 34.0 Å². The van der Waals surface area contributed by atoms with Gasteiger partial charge in [-0.05, 0) is 116 Å². The number of hydrogen-bond donors (Lipinski definition) is 4. The predicted octanol–water partition coefficient (Wildman–Crippen LogP) is 7.32. The second-order valence-electron chi connectivity index (χ2n) is 17.1. The molecule has 17 heteroatoms. The number of aromatic nitrogens is 6. The van der Waals surface area contributed by atoms with Crippen LogP contribution in [0.2, 0.25) is 0 Å². The number of amides is 2. The van der Waals surface area contributed by atoms with E-state index in [4.69, 9.17) is 29.4 Å². The molecule has 0 spiro atoms. The minimum absolute atomic E-state index is 0.107. The van der Waals surface area contributed by atoms with E-state index in [2.05, 4.69) is 48.2 Å². The van der Waals surface area contributed by atoms with Gasteiger partial charge in [0.25, 0.3) is 11.8 Å². The summed E-state index contributed by atoms with van der Waals surface area (Å²) < 4.78 is 20.3. The van der Waals surface area contributed by atoms with E-state index in [0.717, 1.165) is 110 Å². The highest BCUT2D eigenvalue weighted by Gasteiger charge is 2.22. The minimum Gasteiger partial charge on any atom is -0.497 e. The van der Waals surface area contributed by atoms with Crippen molar-refractivity contribution in [2.75, 3.05) is 88.8 Å². The SMILES string of the molecule is COc1cccc(-c2cccc3nc(Nc4ccc(C(=O)NCC5CCN(c6cc(OC)cc(-c7cccc8nc(Nc9ccc(C(=O)NCCN%10CCOCC%10)cc9)nn78)c6)CC5)cc4)nn23)c1. The maximum absolute atomic E-state index is 13.3. The summed E-state index contributed by atoms with van der Waals surface area (Å²) in [6.07, 6.45) is 1.85. The van der Waals surface area contributed by atoms with Gasteiger partial charge in [0.05, 0.1) is 38.8 Å². The third kappa shape index (κ3) is 10.4. The molecule has 2 aliphatic heterocycles. The highest BCUT2D eigenvalue weighted by Crippen LogP contribution is 2.33. The third-order valence-electron chi connectivity index (χ3n) is 12.7. The zero-order valence-corrected chi connectivity index (χ0v) is 38.6. The fourth-order valence-electron chi connectivity index (χ4n) is 8.82. The molecule has 69 heavy (non-hydrogen) atoms. The molecule has 17 nitrogen and oxygen atoms in total. The van der Waals surface area contributed by atoms with Crippen LogP contribution >= 0.6 is 0 Å². The number of carbonyl (C=O) groups excluding carboxylic acids is 2. The van der Waals surface area contributed by atoms with Gasteiger partial charge in [0.1, 0.15) is 11.5 Å². The number of methoxy groups -OCH3 is 2. The molecule has 6 heterocycles. The first-order valence-corrected chi connectivity index (χ1v) is 23.3. The molecule has 2 aliphatic rings. The van der Waals surface area contributed by atoms with Crippen LogP contribution in [-0.2, 0) is 4.74 Å². The lowest BCUT2D eigenvalue weighted by atomic mass is 9.96. The number of benzene rings is 4. The first kappa shape index (κ1) is 44.8. The standard InChI is InChI=1S/C52H54N12O5/c1-67-43-7-3-6-38(31-43)45-8-4-10-47-57-51(59-63(45)47)55-41-18-14-37(15-19-41)50(66)54-34-35-20-23-62(24-21-35)42-30-39(32-44(33-42)68-2)46-9-5-11-48-58-52(60-64(46)48)56-40-16-12-36(13-17-40)49(65)53-22-25-61-26-28-69-29-27-61/h3-19,30-33,35H,20-29,34H2,1-2H3,(H,53,65)(H,54,66)(H,55,59)(H,56,60). The van der Waals surface area contributed by atoms with Crippen LogP contribution in [0.5, 0.6) is 11.5 Å². The molecule has 2 fully saturated rings. The number of ether oxygens (including phenoxy) is 3. The van der Waals surface area contributed by atoms with E-state index in [1.807, 2.05) is 108 Å². The van der Waals surface area contributed by atoms with Crippen molar-refractivity contribution in [1.29, 1.82) is 0 Å². The van der Waals surface area contributed by atoms with Crippen molar-refractivity contribution >= 4 is 52.1 Å². The van der Waals surface area contributed by atoms with E-state index in [0.29, 0.717) is 53.3 Å².